The van der Waals surface area contributed by atoms with E-state index in [0.29, 0.717) is 61.0 Å². The van der Waals surface area contributed by atoms with Gasteiger partial charge in [-0.05, 0) is 50.5 Å². The van der Waals surface area contributed by atoms with Gasteiger partial charge in [0.05, 0.1) is 38.0 Å². The lowest BCUT2D eigenvalue weighted by atomic mass is 9.94. The van der Waals surface area contributed by atoms with Crippen LogP contribution in [-0.2, 0) is 19.1 Å². The summed E-state index contributed by atoms with van der Waals surface area (Å²) in [6.07, 6.45) is 0.830. The Hall–Kier alpha value is -3.63. The number of H-pyrrole nitrogens is 1. The second-order valence-corrected chi connectivity index (χ2v) is 9.71. The molecule has 2 N–H and O–H groups in total. The highest BCUT2D eigenvalue weighted by molar-refractivity contribution is 6.46. The molecule has 210 valence electrons. The molecule has 0 saturated carbocycles. The number of ketones is 1. The largest absolute Gasteiger partial charge is 0.507 e. The highest BCUT2D eigenvalue weighted by atomic mass is 16.5. The molecule has 0 aliphatic carbocycles. The predicted octanol–water partition coefficient (Wildman–Crippen LogP) is 3.35. The number of Topliss-reactive ketones (excluding diaryl/α,β-unsaturated/α-hetero) is 1. The number of nitrogens with zero attached hydrogens (tertiary/aromatic N) is 2. The van der Waals surface area contributed by atoms with Crippen LogP contribution >= 0.6 is 0 Å². The molecule has 4 rings (SSSR count). The molecule has 1 aromatic carbocycles. The molecule has 2 aliphatic heterocycles. The van der Waals surface area contributed by atoms with Gasteiger partial charge in [-0.1, -0.05) is 19.1 Å². The zero-order valence-electron chi connectivity index (χ0n) is 23.0. The Bertz CT molecular complexity index is 1260. The van der Waals surface area contributed by atoms with Crippen molar-refractivity contribution in [1.82, 2.24) is 14.8 Å². The molecular formula is C29H37N3O7. The quantitative estimate of drug-likeness (QED) is 0.204. The van der Waals surface area contributed by atoms with Crippen molar-refractivity contribution in [2.45, 2.75) is 40.2 Å². The smallest absolute Gasteiger partial charge is 0.355 e. The number of aromatic nitrogens is 1. The lowest BCUT2D eigenvalue weighted by molar-refractivity contribution is -0.140. The van der Waals surface area contributed by atoms with Crippen LogP contribution in [0, 0.1) is 13.8 Å². The van der Waals surface area contributed by atoms with Gasteiger partial charge in [0, 0.05) is 37.4 Å². The van der Waals surface area contributed by atoms with Gasteiger partial charge in [0.15, 0.2) is 0 Å². The number of ether oxygens (including phenoxy) is 3. The van der Waals surface area contributed by atoms with E-state index in [4.69, 9.17) is 14.2 Å². The summed E-state index contributed by atoms with van der Waals surface area (Å²) in [4.78, 5) is 46.1. The number of aliphatic hydroxyl groups excluding tert-OH is 1. The van der Waals surface area contributed by atoms with E-state index in [0.717, 1.165) is 19.5 Å². The standard InChI is InChI=1S/C29H37N3O7/c1-5-14-39-21-9-7-8-20(17-21)25-23(26(33)22-18(3)24(30-19(22)4)29(36)38-6-2)27(34)28(35)32(25)11-10-31-12-15-37-16-13-31/h7-9,17,25,30,33H,5-6,10-16H2,1-4H3. The number of rotatable bonds is 10. The summed E-state index contributed by atoms with van der Waals surface area (Å²) >= 11 is 0. The topological polar surface area (TPSA) is 121 Å². The van der Waals surface area contributed by atoms with Crippen LogP contribution in [0.3, 0.4) is 0 Å². The van der Waals surface area contributed by atoms with Crippen LogP contribution in [0.25, 0.3) is 5.76 Å². The molecule has 1 amide bonds. The molecule has 2 saturated heterocycles. The second kappa shape index (κ2) is 12.5. The molecule has 10 heteroatoms. The first-order valence-corrected chi connectivity index (χ1v) is 13.5. The summed E-state index contributed by atoms with van der Waals surface area (Å²) in [6, 6.07) is 6.45. The predicted molar refractivity (Wildman–Crippen MR) is 145 cm³/mol. The number of benzene rings is 1. The number of nitrogens with one attached hydrogen (secondary N) is 1. The fourth-order valence-electron chi connectivity index (χ4n) is 5.17. The van der Waals surface area contributed by atoms with Crippen molar-refractivity contribution in [2.24, 2.45) is 0 Å². The molecule has 1 atom stereocenters. The number of amides is 1. The monoisotopic (exact) mass is 539 g/mol. The van der Waals surface area contributed by atoms with Gasteiger partial charge >= 0.3 is 5.97 Å². The summed E-state index contributed by atoms with van der Waals surface area (Å²) in [7, 11) is 0. The molecule has 1 unspecified atom stereocenters. The SMILES string of the molecule is CCCOc1cccc(C2C(=C(O)c3c(C)[nH]c(C(=O)OCC)c3C)C(=O)C(=O)N2CCN2CCOCC2)c1. The normalized spacial score (nSPS) is 19.5. The molecule has 39 heavy (non-hydrogen) atoms. The van der Waals surface area contributed by atoms with Crippen LogP contribution in [-0.4, -0.2) is 90.2 Å². The molecule has 2 aromatic rings. The Labute approximate surface area is 228 Å². The van der Waals surface area contributed by atoms with E-state index in [2.05, 4.69) is 9.88 Å². The van der Waals surface area contributed by atoms with Gasteiger partial charge in [-0.25, -0.2) is 4.79 Å². The lowest BCUT2D eigenvalue weighted by Crippen LogP contribution is -2.42. The minimum Gasteiger partial charge on any atom is -0.507 e. The summed E-state index contributed by atoms with van der Waals surface area (Å²) in [5.41, 5.74) is 2.09. The number of carbonyl (C=O) groups is 3. The first-order chi connectivity index (χ1) is 18.8. The maximum absolute atomic E-state index is 13.5. The number of likely N-dealkylation sites (tertiary alicyclic amines) is 1. The molecule has 3 heterocycles. The van der Waals surface area contributed by atoms with Gasteiger partial charge in [0.25, 0.3) is 11.7 Å². The first kappa shape index (κ1) is 28.4. The van der Waals surface area contributed by atoms with Crippen molar-refractivity contribution in [2.75, 3.05) is 52.6 Å². The molecule has 0 bridgehead atoms. The van der Waals surface area contributed by atoms with E-state index in [1.165, 1.54) is 4.90 Å². The van der Waals surface area contributed by atoms with Crippen molar-refractivity contribution in [1.29, 1.82) is 0 Å². The van der Waals surface area contributed by atoms with Crippen molar-refractivity contribution in [3.63, 3.8) is 0 Å². The third kappa shape index (κ3) is 5.86. The fraction of sp³-hybridized carbons (Fsp3) is 0.483. The van der Waals surface area contributed by atoms with Crippen LogP contribution in [0.4, 0.5) is 0 Å². The van der Waals surface area contributed by atoms with E-state index in [1.54, 1.807) is 20.8 Å². The lowest BCUT2D eigenvalue weighted by Gasteiger charge is -2.31. The summed E-state index contributed by atoms with van der Waals surface area (Å²) in [5.74, 6) is -1.70. The van der Waals surface area contributed by atoms with E-state index in [-0.39, 0.29) is 23.6 Å². The van der Waals surface area contributed by atoms with E-state index >= 15 is 0 Å². The third-order valence-corrected chi connectivity index (χ3v) is 7.10. The maximum Gasteiger partial charge on any atom is 0.355 e. The number of aliphatic hydroxyl groups is 1. The number of aryl methyl sites for hydroxylation is 1. The summed E-state index contributed by atoms with van der Waals surface area (Å²) in [5, 5.41) is 11.6. The highest BCUT2D eigenvalue weighted by Gasteiger charge is 2.46. The van der Waals surface area contributed by atoms with Crippen molar-refractivity contribution in [3.8, 4) is 5.75 Å². The number of esters is 1. The highest BCUT2D eigenvalue weighted by Crippen LogP contribution is 2.41. The molecular weight excluding hydrogens is 502 g/mol. The summed E-state index contributed by atoms with van der Waals surface area (Å²) < 4.78 is 16.4. The molecule has 0 spiro atoms. The number of carbonyl (C=O) groups excluding carboxylic acids is 3. The van der Waals surface area contributed by atoms with E-state index in [1.807, 2.05) is 31.2 Å². The van der Waals surface area contributed by atoms with Crippen LogP contribution in [0.1, 0.15) is 59.2 Å². The van der Waals surface area contributed by atoms with Crippen molar-refractivity contribution in [3.05, 3.63) is 57.9 Å². The average molecular weight is 540 g/mol. The van der Waals surface area contributed by atoms with Gasteiger partial charge in [-0.3, -0.25) is 14.5 Å². The van der Waals surface area contributed by atoms with Crippen LogP contribution in [0.15, 0.2) is 29.8 Å². The number of aromatic amines is 1. The van der Waals surface area contributed by atoms with Gasteiger partial charge < -0.3 is 29.2 Å². The Morgan fingerprint density at radius 2 is 1.90 bits per heavy atom. The summed E-state index contributed by atoms with van der Waals surface area (Å²) in [6.45, 7) is 11.4. The van der Waals surface area contributed by atoms with Gasteiger partial charge in [-0.15, -0.1) is 0 Å². The van der Waals surface area contributed by atoms with Crippen molar-refractivity contribution >= 4 is 23.4 Å². The Balaban J connectivity index is 1.80. The molecule has 10 nitrogen and oxygen atoms in total. The van der Waals surface area contributed by atoms with Gasteiger partial charge in [0.1, 0.15) is 17.2 Å². The number of hydrogen-bond acceptors (Lipinski definition) is 8. The zero-order valence-corrected chi connectivity index (χ0v) is 23.0. The van der Waals surface area contributed by atoms with Gasteiger partial charge in [-0.2, -0.15) is 0 Å². The molecule has 0 radical (unpaired) electrons. The third-order valence-electron chi connectivity index (χ3n) is 7.10. The Morgan fingerprint density at radius 1 is 1.15 bits per heavy atom. The van der Waals surface area contributed by atoms with E-state index in [9.17, 15) is 19.5 Å². The minimum atomic E-state index is -0.823. The minimum absolute atomic E-state index is 0.0183. The molecule has 1 aromatic heterocycles. The number of morpholine rings is 1. The van der Waals surface area contributed by atoms with Crippen LogP contribution in [0.2, 0.25) is 0 Å². The first-order valence-electron chi connectivity index (χ1n) is 13.5. The fourth-order valence-corrected chi connectivity index (χ4v) is 5.17. The Kier molecular flexibility index (Phi) is 9.08. The van der Waals surface area contributed by atoms with Crippen LogP contribution < -0.4 is 4.74 Å². The van der Waals surface area contributed by atoms with Gasteiger partial charge in [0.2, 0.25) is 0 Å². The van der Waals surface area contributed by atoms with Crippen LogP contribution in [0.5, 0.6) is 5.75 Å². The second-order valence-electron chi connectivity index (χ2n) is 9.71. The maximum atomic E-state index is 13.5. The zero-order chi connectivity index (χ0) is 28.1. The van der Waals surface area contributed by atoms with Crippen molar-refractivity contribution < 1.29 is 33.7 Å². The molecule has 2 aliphatic rings. The van der Waals surface area contributed by atoms with E-state index < -0.39 is 23.7 Å². The number of hydrogen-bond donors (Lipinski definition) is 2. The average Bonchev–Trinajstić information content (AvgIpc) is 3.38. The Morgan fingerprint density at radius 3 is 2.59 bits per heavy atom. The molecule has 2 fully saturated rings.